The van der Waals surface area contributed by atoms with E-state index in [0.717, 1.165) is 5.56 Å². The molecule has 1 atom stereocenters. The van der Waals surface area contributed by atoms with Crippen LogP contribution in [0.5, 0.6) is 0 Å². The number of rotatable bonds is 3. The zero-order valence-electron chi connectivity index (χ0n) is 12.5. The summed E-state index contributed by atoms with van der Waals surface area (Å²) >= 11 is 3.46. The maximum absolute atomic E-state index is 9.66. The van der Waals surface area contributed by atoms with Crippen molar-refractivity contribution in [3.63, 3.8) is 0 Å². The molecule has 0 aromatic heterocycles. The van der Waals surface area contributed by atoms with Crippen molar-refractivity contribution in [3.8, 4) is 12.1 Å². The molecule has 0 spiro atoms. The summed E-state index contributed by atoms with van der Waals surface area (Å²) in [5.41, 5.74) is 14.9. The van der Waals surface area contributed by atoms with Crippen LogP contribution in [-0.2, 0) is 0 Å². The van der Waals surface area contributed by atoms with Gasteiger partial charge < -0.3 is 11.1 Å². The van der Waals surface area contributed by atoms with Crippen LogP contribution in [-0.4, -0.2) is 19.4 Å². The van der Waals surface area contributed by atoms with Gasteiger partial charge in [-0.05, 0) is 34.6 Å². The number of halogens is 1. The average molecular weight is 372 g/mol. The van der Waals surface area contributed by atoms with Crippen molar-refractivity contribution in [1.29, 1.82) is 10.5 Å². The molecule has 1 aromatic rings. The lowest BCUT2D eigenvalue weighted by Crippen LogP contribution is -2.77. The number of nitriles is 2. The first-order chi connectivity index (χ1) is 11.1. The summed E-state index contributed by atoms with van der Waals surface area (Å²) in [6.07, 6.45) is 1.39. The Morgan fingerprint density at radius 2 is 2.13 bits per heavy atom. The second kappa shape index (κ2) is 7.10. The summed E-state index contributed by atoms with van der Waals surface area (Å²) in [5.74, 6) is -0.0340. The Labute approximate surface area is 142 Å². The van der Waals surface area contributed by atoms with Crippen molar-refractivity contribution in [2.45, 2.75) is 5.92 Å². The lowest BCUT2D eigenvalue weighted by molar-refractivity contribution is -0.402. The standard InChI is InChI=1S/C16H15BrN6/c1-22-8-13-11(6-19)14(12(7-20)16(21)23-13)10-4-2-3-9(5-18)15(10)17/h2-4,7,14,22H,8,20H2,1H3,(H2,21,23)/p+1/b12-7-. The molecule has 6 N–H and O–H groups in total. The van der Waals surface area contributed by atoms with Crippen LogP contribution in [0.25, 0.3) is 0 Å². The molecule has 1 aromatic carbocycles. The van der Waals surface area contributed by atoms with Gasteiger partial charge in [-0.25, -0.2) is 4.99 Å². The molecule has 0 saturated carbocycles. The molecule has 1 aliphatic rings. The molecule has 0 aliphatic carbocycles. The van der Waals surface area contributed by atoms with E-state index in [1.165, 1.54) is 6.20 Å². The number of nitrogens with zero attached hydrogens (tertiary/aromatic N) is 2. The summed E-state index contributed by atoms with van der Waals surface area (Å²) in [6.45, 7) is 0.466. The molecule has 116 valence electrons. The van der Waals surface area contributed by atoms with Gasteiger partial charge in [0.15, 0.2) is 0 Å². The van der Waals surface area contributed by atoms with Crippen LogP contribution in [0.2, 0.25) is 0 Å². The molecule has 0 fully saturated rings. The van der Waals surface area contributed by atoms with Crippen molar-refractivity contribution < 1.29 is 4.99 Å². The van der Waals surface area contributed by atoms with Crippen molar-refractivity contribution in [2.75, 3.05) is 13.6 Å². The maximum atomic E-state index is 9.66. The summed E-state index contributed by atoms with van der Waals surface area (Å²) < 4.78 is 0.637. The number of benzene rings is 1. The van der Waals surface area contributed by atoms with Crippen molar-refractivity contribution >= 4 is 21.8 Å². The van der Waals surface area contributed by atoms with Gasteiger partial charge in [-0.1, -0.05) is 12.1 Å². The van der Waals surface area contributed by atoms with Gasteiger partial charge in [0.1, 0.15) is 11.8 Å². The minimum absolute atomic E-state index is 0.399. The third-order valence-corrected chi connectivity index (χ3v) is 4.52. The molecule has 0 amide bonds. The highest BCUT2D eigenvalue weighted by atomic mass is 79.9. The van der Waals surface area contributed by atoms with E-state index in [9.17, 15) is 10.5 Å². The van der Waals surface area contributed by atoms with Crippen LogP contribution in [0.15, 0.2) is 45.7 Å². The van der Waals surface area contributed by atoms with Gasteiger partial charge >= 0.3 is 0 Å². The lowest BCUT2D eigenvalue weighted by Gasteiger charge is -2.24. The fourth-order valence-electron chi connectivity index (χ4n) is 2.60. The molecular formula is C16H16BrN6+. The molecule has 1 aliphatic heterocycles. The number of likely N-dealkylation sites (N-methyl/N-ethyl adjacent to an activating group) is 1. The fraction of sp³-hybridized carbons (Fsp3) is 0.188. The SMILES string of the molecule is CNCC1=C(C#N)C(c2cccc(C#N)c2Br)/C(=C/N)C(N)=[NH+]1. The summed E-state index contributed by atoms with van der Waals surface area (Å²) in [7, 11) is 1.79. The quantitative estimate of drug-likeness (QED) is 0.580. The highest BCUT2D eigenvalue weighted by Gasteiger charge is 2.35. The van der Waals surface area contributed by atoms with Crippen molar-refractivity contribution in [3.05, 3.63) is 56.8 Å². The van der Waals surface area contributed by atoms with Gasteiger partial charge in [0.2, 0.25) is 0 Å². The third-order valence-electron chi connectivity index (χ3n) is 3.63. The zero-order valence-corrected chi connectivity index (χ0v) is 14.1. The second-order valence-corrected chi connectivity index (χ2v) is 5.74. The van der Waals surface area contributed by atoms with Gasteiger partial charge in [0.05, 0.1) is 35.2 Å². The summed E-state index contributed by atoms with van der Waals surface area (Å²) in [6, 6.07) is 9.71. The smallest absolute Gasteiger partial charge is 0.276 e. The topological polar surface area (TPSA) is 126 Å². The first kappa shape index (κ1) is 16.8. The Morgan fingerprint density at radius 1 is 1.39 bits per heavy atom. The Kier molecular flexibility index (Phi) is 5.17. The number of nitrogens with two attached hydrogens (primary N) is 2. The molecule has 6 nitrogen and oxygen atoms in total. The van der Waals surface area contributed by atoms with Crippen molar-refractivity contribution in [2.24, 2.45) is 11.5 Å². The highest BCUT2D eigenvalue weighted by Crippen LogP contribution is 2.38. The summed E-state index contributed by atoms with van der Waals surface area (Å²) in [4.78, 5) is 3.03. The van der Waals surface area contributed by atoms with E-state index in [-0.39, 0.29) is 0 Å². The monoisotopic (exact) mass is 371 g/mol. The van der Waals surface area contributed by atoms with Crippen LogP contribution in [0.1, 0.15) is 17.0 Å². The Bertz CT molecular complexity index is 807. The van der Waals surface area contributed by atoms with Gasteiger partial charge in [-0.15, -0.1) is 0 Å². The van der Waals surface area contributed by atoms with Gasteiger partial charge in [0.25, 0.3) is 5.84 Å². The molecule has 0 saturated heterocycles. The van der Waals surface area contributed by atoms with E-state index in [2.05, 4.69) is 38.4 Å². The Morgan fingerprint density at radius 3 is 2.70 bits per heavy atom. The van der Waals surface area contributed by atoms with E-state index < -0.39 is 5.92 Å². The fourth-order valence-corrected chi connectivity index (χ4v) is 3.19. The van der Waals surface area contributed by atoms with Crippen LogP contribution < -0.4 is 21.8 Å². The van der Waals surface area contributed by atoms with Gasteiger partial charge in [-0.3, -0.25) is 5.73 Å². The van der Waals surface area contributed by atoms with Crippen molar-refractivity contribution in [1.82, 2.24) is 5.32 Å². The van der Waals surface area contributed by atoms with Gasteiger partial charge in [-0.2, -0.15) is 10.5 Å². The van der Waals surface area contributed by atoms with Crippen LogP contribution >= 0.6 is 15.9 Å². The zero-order chi connectivity index (χ0) is 17.0. The predicted octanol–water partition coefficient (Wildman–Crippen LogP) is -0.305. The maximum Gasteiger partial charge on any atom is 0.276 e. The molecule has 0 bridgehead atoms. The van der Waals surface area contributed by atoms with E-state index in [4.69, 9.17) is 11.5 Å². The van der Waals surface area contributed by atoms with Crippen LogP contribution in [0.4, 0.5) is 0 Å². The van der Waals surface area contributed by atoms with Crippen LogP contribution in [0, 0.1) is 22.7 Å². The highest BCUT2D eigenvalue weighted by molar-refractivity contribution is 9.10. The van der Waals surface area contributed by atoms with Gasteiger partial charge in [0, 0.05) is 10.7 Å². The molecule has 2 rings (SSSR count). The molecule has 0 radical (unpaired) electrons. The first-order valence-corrected chi connectivity index (χ1v) is 7.66. The number of nitrogens with one attached hydrogen (secondary N) is 2. The average Bonchev–Trinajstić information content (AvgIpc) is 2.55. The molecule has 7 heteroatoms. The molecule has 1 unspecified atom stereocenters. The second-order valence-electron chi connectivity index (χ2n) is 4.95. The normalized spacial score (nSPS) is 19.2. The van der Waals surface area contributed by atoms with E-state index in [1.807, 2.05) is 6.07 Å². The number of hydrogen-bond donors (Lipinski definition) is 4. The van der Waals surface area contributed by atoms with E-state index >= 15 is 0 Å². The first-order valence-electron chi connectivity index (χ1n) is 6.86. The molecular weight excluding hydrogens is 356 g/mol. The lowest BCUT2D eigenvalue weighted by atomic mass is 9.81. The van der Waals surface area contributed by atoms with E-state index in [0.29, 0.717) is 39.3 Å². The molecule has 1 heterocycles. The summed E-state index contributed by atoms with van der Waals surface area (Å²) in [5, 5.41) is 21.9. The number of amidine groups is 1. The Hall–Kier alpha value is -2.61. The Balaban J connectivity index is 2.74. The number of allylic oxidation sites excluding steroid dienone is 1. The van der Waals surface area contributed by atoms with E-state index in [1.54, 1.807) is 19.2 Å². The minimum atomic E-state index is -0.433. The molecule has 23 heavy (non-hydrogen) atoms. The minimum Gasteiger partial charge on any atom is -0.404 e. The number of hydrogen-bond acceptors (Lipinski definition) is 5. The largest absolute Gasteiger partial charge is 0.404 e. The van der Waals surface area contributed by atoms with Crippen LogP contribution in [0.3, 0.4) is 0 Å². The predicted molar refractivity (Wildman–Crippen MR) is 90.6 cm³/mol. The third kappa shape index (κ3) is 2.98.